The number of rotatable bonds is 3. The lowest BCUT2D eigenvalue weighted by molar-refractivity contribution is 0.366. The molecule has 0 saturated carbocycles. The number of nitrogens with zero attached hydrogens (tertiary/aromatic N) is 1. The monoisotopic (exact) mass is 312 g/mol. The van der Waals surface area contributed by atoms with Crippen LogP contribution in [-0.2, 0) is 0 Å². The average molecular weight is 314 g/mol. The van der Waals surface area contributed by atoms with Gasteiger partial charge in [0.1, 0.15) is 18.2 Å². The van der Waals surface area contributed by atoms with Crippen molar-refractivity contribution in [2.75, 3.05) is 25.4 Å². The summed E-state index contributed by atoms with van der Waals surface area (Å²) in [5.74, 6) is 1.45. The summed E-state index contributed by atoms with van der Waals surface area (Å²) in [5, 5.41) is 0.495. The fourth-order valence-electron chi connectivity index (χ4n) is 1.28. The molecule has 1 aliphatic heterocycles. The van der Waals surface area contributed by atoms with Crippen molar-refractivity contribution >= 4 is 47.9 Å². The van der Waals surface area contributed by atoms with E-state index in [9.17, 15) is 0 Å². The molecule has 5 nitrogen and oxygen atoms in total. The second-order valence-corrected chi connectivity index (χ2v) is 3.76. The number of hydrogen-bond acceptors (Lipinski definition) is 5. The number of anilines is 1. The largest absolute Gasteiger partial charge is 0.486 e. The van der Waals surface area contributed by atoms with Crippen LogP contribution >= 0.6 is 36.4 Å². The molecule has 102 valence electrons. The van der Waals surface area contributed by atoms with Crippen LogP contribution in [0.2, 0.25) is 5.02 Å². The summed E-state index contributed by atoms with van der Waals surface area (Å²) in [6, 6.07) is 5.18. The molecule has 1 aromatic rings. The Kier molecular flexibility index (Phi) is 7.86. The molecule has 0 saturated heterocycles. The third kappa shape index (κ3) is 4.78. The van der Waals surface area contributed by atoms with E-state index in [1.54, 1.807) is 18.2 Å². The quantitative estimate of drug-likeness (QED) is 0.742. The van der Waals surface area contributed by atoms with Crippen LogP contribution in [0.1, 0.15) is 0 Å². The minimum atomic E-state index is 0. The number of nitrogens with one attached hydrogen (secondary N) is 2. The van der Waals surface area contributed by atoms with Crippen LogP contribution in [0.15, 0.2) is 23.2 Å². The molecule has 4 N–H and O–H groups in total. The summed E-state index contributed by atoms with van der Waals surface area (Å²) in [6.45, 7) is 1.97. The van der Waals surface area contributed by atoms with E-state index >= 15 is 0 Å². The van der Waals surface area contributed by atoms with Crippen molar-refractivity contribution in [3.8, 4) is 5.75 Å². The van der Waals surface area contributed by atoms with Gasteiger partial charge in [0, 0.05) is 12.6 Å². The first-order valence-corrected chi connectivity index (χ1v) is 5.33. The predicted molar refractivity (Wildman–Crippen MR) is 79.3 cm³/mol. The standard InChI is InChI=1S/C10H13ClN4O.2ClH/c11-8-5-7(1-2-9(8)12)16-6-10-13-3-4-14-15-10;;/h1-2,5,14H,3-4,6,12H2,(H,13,15);2*1H. The normalized spacial score (nSPS) is 13.5. The Morgan fingerprint density at radius 1 is 1.39 bits per heavy atom. The van der Waals surface area contributed by atoms with Crippen LogP contribution in [0.25, 0.3) is 0 Å². The lowest BCUT2D eigenvalue weighted by Crippen LogP contribution is -2.45. The number of halogens is 3. The highest BCUT2D eigenvalue weighted by molar-refractivity contribution is 6.33. The van der Waals surface area contributed by atoms with Crippen LogP contribution in [0, 0.1) is 0 Å². The molecule has 2 rings (SSSR count). The molecule has 0 fully saturated rings. The SMILES string of the molecule is Cl.Cl.Nc1ccc(OCC2=NCCNN2)cc1Cl. The molecule has 1 aliphatic rings. The highest BCUT2D eigenvalue weighted by Crippen LogP contribution is 2.23. The molecule has 0 amide bonds. The first-order valence-electron chi connectivity index (χ1n) is 4.96. The van der Waals surface area contributed by atoms with E-state index in [1.807, 2.05) is 0 Å². The lowest BCUT2D eigenvalue weighted by Gasteiger charge is -2.16. The molecule has 0 radical (unpaired) electrons. The van der Waals surface area contributed by atoms with Gasteiger partial charge in [-0.2, -0.15) is 0 Å². The van der Waals surface area contributed by atoms with Crippen molar-refractivity contribution in [1.29, 1.82) is 0 Å². The summed E-state index contributed by atoms with van der Waals surface area (Å²) >= 11 is 5.87. The smallest absolute Gasteiger partial charge is 0.149 e. The minimum Gasteiger partial charge on any atom is -0.486 e. The molecule has 0 atom stereocenters. The first-order chi connectivity index (χ1) is 7.75. The molecule has 1 aromatic carbocycles. The molecule has 0 spiro atoms. The lowest BCUT2D eigenvalue weighted by atomic mass is 10.3. The summed E-state index contributed by atoms with van der Waals surface area (Å²) in [4.78, 5) is 4.24. The Labute approximate surface area is 123 Å². The maximum absolute atomic E-state index is 5.87. The Balaban J connectivity index is 0.00000144. The molecule has 0 unspecified atom stereocenters. The molecule has 8 heteroatoms. The Hall–Kier alpha value is -0.880. The number of hydrazine groups is 1. The molecule has 1 heterocycles. The van der Waals surface area contributed by atoms with Gasteiger partial charge in [0.2, 0.25) is 0 Å². The zero-order valence-corrected chi connectivity index (χ0v) is 11.9. The van der Waals surface area contributed by atoms with Crippen LogP contribution < -0.4 is 21.3 Å². The Morgan fingerprint density at radius 2 is 2.17 bits per heavy atom. The Morgan fingerprint density at radius 3 is 2.78 bits per heavy atom. The van der Waals surface area contributed by atoms with Gasteiger partial charge < -0.3 is 15.9 Å². The highest BCUT2D eigenvalue weighted by atomic mass is 35.5. The van der Waals surface area contributed by atoms with Crippen molar-refractivity contribution in [3.63, 3.8) is 0 Å². The topological polar surface area (TPSA) is 71.7 Å². The van der Waals surface area contributed by atoms with E-state index in [-0.39, 0.29) is 24.8 Å². The summed E-state index contributed by atoms with van der Waals surface area (Å²) < 4.78 is 5.51. The number of benzene rings is 1. The second kappa shape index (κ2) is 8.26. The summed E-state index contributed by atoms with van der Waals surface area (Å²) in [5.41, 5.74) is 12.1. The van der Waals surface area contributed by atoms with E-state index in [0.717, 1.165) is 18.9 Å². The van der Waals surface area contributed by atoms with Crippen LogP contribution in [-0.4, -0.2) is 25.5 Å². The van der Waals surface area contributed by atoms with Gasteiger partial charge in [-0.3, -0.25) is 4.99 Å². The van der Waals surface area contributed by atoms with Crippen molar-refractivity contribution in [2.24, 2.45) is 4.99 Å². The second-order valence-electron chi connectivity index (χ2n) is 3.35. The number of aliphatic imine (C=N–C) groups is 1. The number of amidine groups is 1. The van der Waals surface area contributed by atoms with E-state index in [4.69, 9.17) is 22.1 Å². The molecular formula is C10H15Cl3N4O. The van der Waals surface area contributed by atoms with Crippen molar-refractivity contribution in [2.45, 2.75) is 0 Å². The molecule has 0 aromatic heterocycles. The Bertz CT molecular complexity index is 414. The number of ether oxygens (including phenoxy) is 1. The third-order valence-electron chi connectivity index (χ3n) is 2.12. The number of nitrogens with two attached hydrogens (primary N) is 1. The van der Waals surface area contributed by atoms with E-state index in [0.29, 0.717) is 23.1 Å². The van der Waals surface area contributed by atoms with Crippen molar-refractivity contribution in [1.82, 2.24) is 10.9 Å². The van der Waals surface area contributed by atoms with Crippen LogP contribution in [0.5, 0.6) is 5.75 Å². The maximum atomic E-state index is 5.87. The van der Waals surface area contributed by atoms with Gasteiger partial charge in [-0.05, 0) is 12.1 Å². The fourth-order valence-corrected chi connectivity index (χ4v) is 1.45. The summed E-state index contributed by atoms with van der Waals surface area (Å²) in [7, 11) is 0. The van der Waals surface area contributed by atoms with Crippen LogP contribution in [0.4, 0.5) is 5.69 Å². The number of nitrogen functional groups attached to an aromatic ring is 1. The van der Waals surface area contributed by atoms with Gasteiger partial charge >= 0.3 is 0 Å². The molecule has 0 bridgehead atoms. The molecule has 18 heavy (non-hydrogen) atoms. The van der Waals surface area contributed by atoms with Gasteiger partial charge in [-0.1, -0.05) is 11.6 Å². The molecule has 0 aliphatic carbocycles. The average Bonchev–Trinajstić information content (AvgIpc) is 2.32. The fraction of sp³-hybridized carbons (Fsp3) is 0.300. The third-order valence-corrected chi connectivity index (χ3v) is 2.45. The summed E-state index contributed by atoms with van der Waals surface area (Å²) in [6.07, 6.45) is 0. The maximum Gasteiger partial charge on any atom is 0.149 e. The number of hydrogen-bond donors (Lipinski definition) is 3. The van der Waals surface area contributed by atoms with Crippen molar-refractivity contribution < 1.29 is 4.74 Å². The van der Waals surface area contributed by atoms with Gasteiger partial charge in [0.15, 0.2) is 0 Å². The minimum absolute atomic E-state index is 0. The van der Waals surface area contributed by atoms with Gasteiger partial charge in [-0.15, -0.1) is 24.8 Å². The van der Waals surface area contributed by atoms with Gasteiger partial charge in [0.25, 0.3) is 0 Å². The van der Waals surface area contributed by atoms with Crippen molar-refractivity contribution in [3.05, 3.63) is 23.2 Å². The van der Waals surface area contributed by atoms with Gasteiger partial charge in [0.05, 0.1) is 17.3 Å². The van der Waals surface area contributed by atoms with E-state index < -0.39 is 0 Å². The van der Waals surface area contributed by atoms with Gasteiger partial charge in [-0.25, -0.2) is 5.43 Å². The zero-order chi connectivity index (χ0) is 11.4. The zero-order valence-electron chi connectivity index (χ0n) is 9.48. The van der Waals surface area contributed by atoms with E-state index in [1.165, 1.54) is 0 Å². The molecular weight excluding hydrogens is 298 g/mol. The van der Waals surface area contributed by atoms with E-state index in [2.05, 4.69) is 15.8 Å². The highest BCUT2D eigenvalue weighted by Gasteiger charge is 2.05. The predicted octanol–water partition coefficient (Wildman–Crippen LogP) is 1.65. The first kappa shape index (κ1) is 17.1. The van der Waals surface area contributed by atoms with Crippen LogP contribution in [0.3, 0.4) is 0 Å².